The van der Waals surface area contributed by atoms with Crippen molar-refractivity contribution in [1.29, 1.82) is 0 Å². The highest BCUT2D eigenvalue weighted by atomic mass is 15.5. The van der Waals surface area contributed by atoms with Crippen molar-refractivity contribution >= 4 is 0 Å². The number of hydrogen-bond acceptors (Lipinski definition) is 2. The van der Waals surface area contributed by atoms with E-state index in [-0.39, 0.29) is 0 Å². The van der Waals surface area contributed by atoms with Gasteiger partial charge in [0, 0.05) is 12.7 Å². The van der Waals surface area contributed by atoms with E-state index in [1.165, 1.54) is 0 Å². The van der Waals surface area contributed by atoms with Crippen LogP contribution in [0, 0.1) is 0 Å². The molecule has 0 unspecified atom stereocenters. The number of nitrogens with zero attached hydrogens (tertiary/aromatic N) is 1. The average molecular weight is 98.1 g/mol. The van der Waals surface area contributed by atoms with E-state index >= 15 is 0 Å². The molecule has 1 aliphatic rings. The second kappa shape index (κ2) is 1.95. The predicted octanol–water partition coefficient (Wildman–Crippen LogP) is -0.439. The van der Waals surface area contributed by atoms with Crippen LogP contribution in [0.15, 0.2) is 12.3 Å². The Kier molecular flexibility index (Phi) is 1.29. The largest absolute Gasteiger partial charge is 0.325 e. The van der Waals surface area contributed by atoms with E-state index in [1.807, 2.05) is 12.3 Å². The monoisotopic (exact) mass is 98.1 g/mol. The Labute approximate surface area is 42.8 Å². The number of nitrogens with one attached hydrogen (secondary N) is 2. The fraction of sp³-hybridized carbons (Fsp3) is 0.500. The molecular formula is C4H8N3. The molecule has 0 saturated heterocycles. The van der Waals surface area contributed by atoms with E-state index in [0.717, 1.165) is 6.54 Å². The Balaban J connectivity index is 2.22. The standard InChI is InChI=1S/C4H8N3/c5-4-7-3-1-2-6-7/h1-2,5-6H,3-4H2. The van der Waals surface area contributed by atoms with Crippen molar-refractivity contribution in [2.45, 2.75) is 0 Å². The minimum Gasteiger partial charge on any atom is -0.325 e. The lowest BCUT2D eigenvalue weighted by Crippen LogP contribution is -2.31. The Hall–Kier alpha value is -0.540. The van der Waals surface area contributed by atoms with E-state index in [4.69, 9.17) is 5.73 Å². The normalized spacial score (nSPS) is 20.1. The van der Waals surface area contributed by atoms with Gasteiger partial charge in [-0.3, -0.25) is 0 Å². The molecule has 0 aromatic heterocycles. The molecule has 1 rings (SSSR count). The number of rotatable bonds is 1. The molecule has 0 saturated carbocycles. The van der Waals surface area contributed by atoms with Crippen LogP contribution in [0.25, 0.3) is 0 Å². The summed E-state index contributed by atoms with van der Waals surface area (Å²) in [6, 6.07) is 0. The lowest BCUT2D eigenvalue weighted by atomic mass is 10.6. The van der Waals surface area contributed by atoms with Gasteiger partial charge in [-0.15, -0.1) is 0 Å². The summed E-state index contributed by atoms with van der Waals surface area (Å²) in [6.07, 6.45) is 3.82. The topological polar surface area (TPSA) is 39.1 Å². The van der Waals surface area contributed by atoms with Crippen LogP contribution in [0.2, 0.25) is 0 Å². The van der Waals surface area contributed by atoms with E-state index in [2.05, 4.69) is 5.43 Å². The minimum atomic E-state index is 0.326. The van der Waals surface area contributed by atoms with Crippen molar-refractivity contribution in [1.82, 2.24) is 16.2 Å². The van der Waals surface area contributed by atoms with Gasteiger partial charge in [0.1, 0.15) is 0 Å². The van der Waals surface area contributed by atoms with Crippen molar-refractivity contribution < 1.29 is 0 Å². The van der Waals surface area contributed by atoms with Crippen LogP contribution < -0.4 is 11.2 Å². The van der Waals surface area contributed by atoms with Gasteiger partial charge in [0.2, 0.25) is 0 Å². The highest BCUT2D eigenvalue weighted by molar-refractivity contribution is 4.87. The van der Waals surface area contributed by atoms with Crippen molar-refractivity contribution in [3.05, 3.63) is 12.3 Å². The van der Waals surface area contributed by atoms with E-state index in [9.17, 15) is 0 Å². The first-order valence-electron chi connectivity index (χ1n) is 2.24. The summed E-state index contributed by atoms with van der Waals surface area (Å²) in [7, 11) is 0. The predicted molar refractivity (Wildman–Crippen MR) is 26.9 cm³/mol. The zero-order chi connectivity index (χ0) is 5.11. The van der Waals surface area contributed by atoms with Gasteiger partial charge in [0.15, 0.2) is 0 Å². The second-order valence-corrected chi connectivity index (χ2v) is 1.41. The summed E-state index contributed by atoms with van der Waals surface area (Å²) in [4.78, 5) is 0. The van der Waals surface area contributed by atoms with Crippen LogP contribution in [0.4, 0.5) is 0 Å². The molecule has 3 nitrogen and oxygen atoms in total. The maximum Gasteiger partial charge on any atom is 0.0802 e. The average Bonchev–Trinajstić information content (AvgIpc) is 2.14. The molecule has 0 aromatic rings. The molecule has 7 heavy (non-hydrogen) atoms. The maximum atomic E-state index is 6.82. The van der Waals surface area contributed by atoms with Crippen LogP contribution in [0.1, 0.15) is 0 Å². The molecule has 0 bridgehead atoms. The zero-order valence-corrected chi connectivity index (χ0v) is 4.02. The second-order valence-electron chi connectivity index (χ2n) is 1.41. The molecule has 1 heterocycles. The van der Waals surface area contributed by atoms with Crippen LogP contribution >= 0.6 is 0 Å². The van der Waals surface area contributed by atoms with Crippen molar-refractivity contribution in [3.63, 3.8) is 0 Å². The zero-order valence-electron chi connectivity index (χ0n) is 4.02. The van der Waals surface area contributed by atoms with Crippen molar-refractivity contribution in [2.75, 3.05) is 13.2 Å². The first kappa shape index (κ1) is 4.61. The summed E-state index contributed by atoms with van der Waals surface area (Å²) < 4.78 is 0. The Bertz CT molecular complexity index is 71.0. The molecule has 0 spiro atoms. The van der Waals surface area contributed by atoms with Crippen LogP contribution in [-0.2, 0) is 0 Å². The highest BCUT2D eigenvalue weighted by Gasteiger charge is 1.98. The quantitative estimate of drug-likeness (QED) is 0.483. The summed E-state index contributed by atoms with van der Waals surface area (Å²) >= 11 is 0. The van der Waals surface area contributed by atoms with Gasteiger partial charge >= 0.3 is 0 Å². The summed E-state index contributed by atoms with van der Waals surface area (Å²) in [5.74, 6) is 0. The lowest BCUT2D eigenvalue weighted by Gasteiger charge is -2.09. The Morgan fingerprint density at radius 3 is 3.00 bits per heavy atom. The molecule has 39 valence electrons. The molecular weight excluding hydrogens is 90.1 g/mol. The molecule has 1 aliphatic heterocycles. The summed E-state index contributed by atoms with van der Waals surface area (Å²) in [6.45, 7) is 1.19. The Morgan fingerprint density at radius 1 is 1.86 bits per heavy atom. The van der Waals surface area contributed by atoms with Gasteiger partial charge in [-0.1, -0.05) is 6.08 Å². The first-order valence-corrected chi connectivity index (χ1v) is 2.24. The van der Waals surface area contributed by atoms with Crippen molar-refractivity contribution in [2.24, 2.45) is 0 Å². The van der Waals surface area contributed by atoms with Crippen LogP contribution in [0.5, 0.6) is 0 Å². The Morgan fingerprint density at radius 2 is 2.71 bits per heavy atom. The minimum absolute atomic E-state index is 0.326. The van der Waals surface area contributed by atoms with Gasteiger partial charge in [0.05, 0.1) is 6.67 Å². The molecule has 0 aliphatic carbocycles. The van der Waals surface area contributed by atoms with Gasteiger partial charge in [-0.25, -0.2) is 10.7 Å². The smallest absolute Gasteiger partial charge is 0.0802 e. The SMILES string of the molecule is [NH]CN1CC=CN1. The van der Waals surface area contributed by atoms with E-state index in [1.54, 1.807) is 5.01 Å². The van der Waals surface area contributed by atoms with E-state index in [0.29, 0.717) is 6.67 Å². The molecule has 0 amide bonds. The number of hydrazine groups is 1. The molecule has 0 atom stereocenters. The van der Waals surface area contributed by atoms with Gasteiger partial charge in [-0.2, -0.15) is 0 Å². The van der Waals surface area contributed by atoms with Crippen molar-refractivity contribution in [3.8, 4) is 0 Å². The van der Waals surface area contributed by atoms with Gasteiger partial charge in [0.25, 0.3) is 0 Å². The third-order valence-corrected chi connectivity index (χ3v) is 0.892. The summed E-state index contributed by atoms with van der Waals surface area (Å²) in [5.41, 5.74) is 9.69. The lowest BCUT2D eigenvalue weighted by molar-refractivity contribution is 0.270. The van der Waals surface area contributed by atoms with Crippen LogP contribution in [0.3, 0.4) is 0 Å². The molecule has 0 fully saturated rings. The van der Waals surface area contributed by atoms with Gasteiger partial charge < -0.3 is 5.43 Å². The summed E-state index contributed by atoms with van der Waals surface area (Å²) in [5, 5.41) is 1.79. The number of hydrogen-bond donors (Lipinski definition) is 1. The maximum absolute atomic E-state index is 6.82. The molecule has 3 heteroatoms. The molecule has 0 aromatic carbocycles. The third-order valence-electron chi connectivity index (χ3n) is 0.892. The fourth-order valence-electron chi connectivity index (χ4n) is 0.501. The highest BCUT2D eigenvalue weighted by Crippen LogP contribution is 1.86. The van der Waals surface area contributed by atoms with Crippen LogP contribution in [-0.4, -0.2) is 18.2 Å². The first-order chi connectivity index (χ1) is 3.43. The fourth-order valence-corrected chi connectivity index (χ4v) is 0.501. The molecule has 1 radical (unpaired) electrons. The van der Waals surface area contributed by atoms with Gasteiger partial charge in [-0.05, 0) is 0 Å². The third kappa shape index (κ3) is 0.913. The molecule has 2 N–H and O–H groups in total. The van der Waals surface area contributed by atoms with E-state index < -0.39 is 0 Å².